The van der Waals surface area contributed by atoms with Crippen LogP contribution in [0.2, 0.25) is 0 Å². The molecule has 0 bridgehead atoms. The van der Waals surface area contributed by atoms with Gasteiger partial charge in [0, 0.05) is 12.6 Å². The van der Waals surface area contributed by atoms with Crippen LogP contribution in [0, 0.1) is 0 Å². The molecule has 1 fully saturated rings. The lowest BCUT2D eigenvalue weighted by Gasteiger charge is -2.23. The van der Waals surface area contributed by atoms with Crippen molar-refractivity contribution in [2.45, 2.75) is 30.7 Å². The van der Waals surface area contributed by atoms with Crippen molar-refractivity contribution in [1.29, 1.82) is 0 Å². The number of nitrogens with two attached hydrogens (primary N) is 1. The normalized spacial score (nSPS) is 18.2. The molecule has 0 aromatic heterocycles. The van der Waals surface area contributed by atoms with Crippen molar-refractivity contribution in [3.63, 3.8) is 0 Å². The Bertz CT molecular complexity index is 568. The summed E-state index contributed by atoms with van der Waals surface area (Å²) in [6, 6.07) is 4.06. The van der Waals surface area contributed by atoms with E-state index in [1.54, 1.807) is 0 Å². The maximum atomic E-state index is 12.1. The second-order valence-corrected chi connectivity index (χ2v) is 6.93. The lowest BCUT2D eigenvalue weighted by molar-refractivity contribution is 0.260. The van der Waals surface area contributed by atoms with Crippen LogP contribution in [0.4, 0.5) is 5.69 Å². The van der Waals surface area contributed by atoms with Gasteiger partial charge in [-0.25, -0.2) is 13.1 Å². The summed E-state index contributed by atoms with van der Waals surface area (Å²) in [6.45, 7) is 4.42. The fraction of sp³-hybridized carbons (Fsp3) is 0.538. The molecule has 1 aromatic rings. The molecule has 1 heterocycles. The van der Waals surface area contributed by atoms with Gasteiger partial charge in [-0.15, -0.1) is 0 Å². The highest BCUT2D eigenvalue weighted by molar-refractivity contribution is 7.89. The van der Waals surface area contributed by atoms with Crippen molar-refractivity contribution in [1.82, 2.24) is 9.62 Å². The molecule has 1 aromatic carbocycles. The van der Waals surface area contributed by atoms with Crippen LogP contribution in [0.15, 0.2) is 23.1 Å². The molecule has 20 heavy (non-hydrogen) atoms. The number of sulfonamides is 1. The van der Waals surface area contributed by atoms with Gasteiger partial charge in [0.1, 0.15) is 5.75 Å². The minimum absolute atomic E-state index is 0.0560. The minimum atomic E-state index is -3.59. The predicted octanol–water partition coefficient (Wildman–Crippen LogP) is 0.737. The monoisotopic (exact) mass is 299 g/mol. The summed E-state index contributed by atoms with van der Waals surface area (Å²) in [4.78, 5) is 2.34. The maximum absolute atomic E-state index is 12.1. The Morgan fingerprint density at radius 2 is 2.05 bits per heavy atom. The Morgan fingerprint density at radius 3 is 2.65 bits per heavy atom. The number of hydrogen-bond donors (Lipinski definition) is 3. The highest BCUT2D eigenvalue weighted by atomic mass is 32.2. The summed E-state index contributed by atoms with van der Waals surface area (Å²) in [5.41, 5.74) is 5.58. The predicted molar refractivity (Wildman–Crippen MR) is 78.0 cm³/mol. The van der Waals surface area contributed by atoms with E-state index in [1.807, 2.05) is 6.92 Å². The van der Waals surface area contributed by atoms with Crippen molar-refractivity contribution in [3.8, 4) is 5.75 Å². The molecule has 2 rings (SSSR count). The fourth-order valence-corrected chi connectivity index (χ4v) is 3.48. The number of benzene rings is 1. The molecule has 0 amide bonds. The molecular weight excluding hydrogens is 278 g/mol. The summed E-state index contributed by atoms with van der Waals surface area (Å²) < 4.78 is 26.9. The average molecular weight is 299 g/mol. The van der Waals surface area contributed by atoms with E-state index in [0.717, 1.165) is 13.1 Å². The standard InChI is InChI=1S/C13H21N3O3S/c1-10(16-6-2-3-7-16)9-15-20(18,19)11-4-5-13(17)12(14)8-11/h4-5,8,10,15,17H,2-3,6-7,9,14H2,1H3. The Hall–Kier alpha value is -1.31. The van der Waals surface area contributed by atoms with Crippen LogP contribution in [-0.4, -0.2) is 44.1 Å². The zero-order chi connectivity index (χ0) is 14.8. The molecule has 4 N–H and O–H groups in total. The lowest BCUT2D eigenvalue weighted by atomic mass is 10.3. The van der Waals surface area contributed by atoms with E-state index >= 15 is 0 Å². The molecule has 0 aliphatic carbocycles. The van der Waals surface area contributed by atoms with Gasteiger partial charge in [-0.2, -0.15) is 0 Å². The van der Waals surface area contributed by atoms with Crippen LogP contribution in [0.25, 0.3) is 0 Å². The van der Waals surface area contributed by atoms with Gasteiger partial charge >= 0.3 is 0 Å². The first-order chi connectivity index (χ1) is 9.40. The fourth-order valence-electron chi connectivity index (χ4n) is 2.32. The van der Waals surface area contributed by atoms with Gasteiger partial charge in [0.2, 0.25) is 10.0 Å². The molecule has 1 saturated heterocycles. The number of hydrogen-bond acceptors (Lipinski definition) is 5. The van der Waals surface area contributed by atoms with Gasteiger partial charge in [0.15, 0.2) is 0 Å². The van der Waals surface area contributed by atoms with E-state index in [0.29, 0.717) is 6.54 Å². The van der Waals surface area contributed by atoms with E-state index in [1.165, 1.54) is 31.0 Å². The van der Waals surface area contributed by atoms with Crippen LogP contribution in [0.3, 0.4) is 0 Å². The van der Waals surface area contributed by atoms with Crippen LogP contribution >= 0.6 is 0 Å². The third-order valence-electron chi connectivity index (χ3n) is 3.64. The number of anilines is 1. The van der Waals surface area contributed by atoms with Crippen LogP contribution < -0.4 is 10.5 Å². The third-order valence-corrected chi connectivity index (χ3v) is 5.06. The van der Waals surface area contributed by atoms with Crippen molar-refractivity contribution in [2.24, 2.45) is 0 Å². The number of phenolic OH excluding ortho intramolecular Hbond substituents is 1. The molecule has 6 nitrogen and oxygen atoms in total. The van der Waals surface area contributed by atoms with Gasteiger partial charge in [-0.3, -0.25) is 4.90 Å². The first-order valence-corrected chi connectivity index (χ1v) is 8.20. The molecule has 0 spiro atoms. The van der Waals surface area contributed by atoms with E-state index in [2.05, 4.69) is 9.62 Å². The van der Waals surface area contributed by atoms with E-state index in [9.17, 15) is 13.5 Å². The molecule has 1 atom stereocenters. The molecular formula is C13H21N3O3S. The Labute approximate surface area is 119 Å². The SMILES string of the molecule is CC(CNS(=O)(=O)c1ccc(O)c(N)c1)N1CCCC1. The molecule has 7 heteroatoms. The number of phenols is 1. The highest BCUT2D eigenvalue weighted by Crippen LogP contribution is 2.23. The molecule has 1 aliphatic rings. The highest BCUT2D eigenvalue weighted by Gasteiger charge is 2.21. The van der Waals surface area contributed by atoms with E-state index < -0.39 is 10.0 Å². The number of rotatable bonds is 5. The van der Waals surface area contributed by atoms with E-state index in [-0.39, 0.29) is 22.4 Å². The quantitative estimate of drug-likeness (QED) is 0.550. The number of nitrogens with zero attached hydrogens (tertiary/aromatic N) is 1. The smallest absolute Gasteiger partial charge is 0.240 e. The summed E-state index contributed by atoms with van der Waals surface area (Å²) in [5, 5.41) is 9.32. The van der Waals surface area contributed by atoms with Gasteiger partial charge in [-0.05, 0) is 51.1 Å². The van der Waals surface area contributed by atoms with Crippen LogP contribution in [0.1, 0.15) is 19.8 Å². The minimum Gasteiger partial charge on any atom is -0.506 e. The number of likely N-dealkylation sites (tertiary alicyclic amines) is 1. The first-order valence-electron chi connectivity index (χ1n) is 6.72. The summed E-state index contributed by atoms with van der Waals surface area (Å²) in [5.74, 6) is -0.116. The summed E-state index contributed by atoms with van der Waals surface area (Å²) >= 11 is 0. The second kappa shape index (κ2) is 5.99. The number of nitrogen functional groups attached to an aromatic ring is 1. The molecule has 112 valence electrons. The second-order valence-electron chi connectivity index (χ2n) is 5.16. The third kappa shape index (κ3) is 3.41. The van der Waals surface area contributed by atoms with Crippen molar-refractivity contribution in [2.75, 3.05) is 25.4 Å². The Morgan fingerprint density at radius 1 is 1.40 bits per heavy atom. The van der Waals surface area contributed by atoms with Gasteiger partial charge < -0.3 is 10.8 Å². The number of aromatic hydroxyl groups is 1. The van der Waals surface area contributed by atoms with Crippen molar-refractivity contribution in [3.05, 3.63) is 18.2 Å². The topological polar surface area (TPSA) is 95.7 Å². The molecule has 1 aliphatic heterocycles. The zero-order valence-corrected chi connectivity index (χ0v) is 12.4. The Balaban J connectivity index is 2.01. The maximum Gasteiger partial charge on any atom is 0.240 e. The van der Waals surface area contributed by atoms with Crippen molar-refractivity contribution >= 4 is 15.7 Å². The molecule has 0 saturated carbocycles. The van der Waals surface area contributed by atoms with Crippen LogP contribution in [0.5, 0.6) is 5.75 Å². The first kappa shape index (κ1) is 15.1. The molecule has 1 unspecified atom stereocenters. The van der Waals surface area contributed by atoms with Crippen molar-refractivity contribution < 1.29 is 13.5 Å². The van der Waals surface area contributed by atoms with E-state index in [4.69, 9.17) is 5.73 Å². The zero-order valence-electron chi connectivity index (χ0n) is 11.5. The van der Waals surface area contributed by atoms with Gasteiger partial charge in [0.25, 0.3) is 0 Å². The summed E-state index contributed by atoms with van der Waals surface area (Å²) in [7, 11) is -3.59. The van der Waals surface area contributed by atoms with Crippen LogP contribution in [-0.2, 0) is 10.0 Å². The largest absolute Gasteiger partial charge is 0.506 e. The Kier molecular flexibility index (Phi) is 4.52. The number of nitrogens with one attached hydrogen (secondary N) is 1. The van der Waals surface area contributed by atoms with Gasteiger partial charge in [-0.1, -0.05) is 0 Å². The average Bonchev–Trinajstić information content (AvgIpc) is 2.93. The lowest BCUT2D eigenvalue weighted by Crippen LogP contribution is -2.40. The van der Waals surface area contributed by atoms with Gasteiger partial charge in [0.05, 0.1) is 10.6 Å². The summed E-state index contributed by atoms with van der Waals surface area (Å²) in [6.07, 6.45) is 2.34. The molecule has 0 radical (unpaired) electrons.